The summed E-state index contributed by atoms with van der Waals surface area (Å²) < 4.78 is 6.77. The summed E-state index contributed by atoms with van der Waals surface area (Å²) in [5.41, 5.74) is 2.33. The second-order valence-corrected chi connectivity index (χ2v) is 5.68. The molecule has 0 aliphatic rings. The third-order valence-corrected chi connectivity index (χ3v) is 3.83. The van der Waals surface area contributed by atoms with Crippen LogP contribution in [0.4, 0.5) is 5.69 Å². The van der Waals surface area contributed by atoms with Gasteiger partial charge in [0, 0.05) is 24.6 Å². The van der Waals surface area contributed by atoms with Crippen molar-refractivity contribution >= 4 is 22.5 Å². The number of ether oxygens (including phenoxy) is 1. The zero-order valence-corrected chi connectivity index (χ0v) is 13.9. The van der Waals surface area contributed by atoms with Gasteiger partial charge in [-0.1, -0.05) is 24.3 Å². The molecule has 25 heavy (non-hydrogen) atoms. The first-order valence-electron chi connectivity index (χ1n) is 8.00. The van der Waals surface area contributed by atoms with Crippen molar-refractivity contribution < 1.29 is 9.53 Å². The van der Waals surface area contributed by atoms with Gasteiger partial charge in [0.2, 0.25) is 11.3 Å². The fourth-order valence-electron chi connectivity index (χ4n) is 2.68. The van der Waals surface area contributed by atoms with Crippen LogP contribution in [-0.2, 0) is 22.7 Å². The van der Waals surface area contributed by atoms with Crippen LogP contribution in [0.3, 0.4) is 0 Å². The van der Waals surface area contributed by atoms with E-state index < -0.39 is 0 Å². The Hall–Kier alpha value is -2.99. The Labute approximate surface area is 145 Å². The minimum absolute atomic E-state index is 0.112. The number of fused-ring (bicyclic) bond motifs is 1. The molecule has 0 aliphatic carbocycles. The van der Waals surface area contributed by atoms with Gasteiger partial charge in [-0.15, -0.1) is 0 Å². The fourth-order valence-corrected chi connectivity index (χ4v) is 2.68. The van der Waals surface area contributed by atoms with Gasteiger partial charge in [-0.05, 0) is 29.8 Å². The maximum atomic E-state index is 12.2. The molecule has 1 amide bonds. The fraction of sp³-hybridized carbons (Fsp3) is 0.211. The molecule has 0 spiro atoms. The van der Waals surface area contributed by atoms with Crippen LogP contribution in [0.25, 0.3) is 10.9 Å². The molecule has 6 nitrogen and oxygen atoms in total. The Kier molecular flexibility index (Phi) is 5.20. The van der Waals surface area contributed by atoms with Crippen LogP contribution < -0.4 is 10.7 Å². The van der Waals surface area contributed by atoms with Crippen molar-refractivity contribution in [3.63, 3.8) is 0 Å². The SMILES string of the molecule is COCc1cccc(NC(=O)CCn2ncc(=O)c3ccccc32)c1. The standard InChI is InChI=1S/C19H19N3O3/c1-25-13-14-5-4-6-15(11-14)21-19(24)9-10-22-17-8-3-2-7-16(17)18(23)12-20-22/h2-8,11-12H,9-10,13H2,1H3,(H,21,24). The molecule has 0 saturated carbocycles. The molecule has 1 aromatic heterocycles. The van der Waals surface area contributed by atoms with E-state index in [-0.39, 0.29) is 17.8 Å². The lowest BCUT2D eigenvalue weighted by Gasteiger charge is -2.10. The minimum atomic E-state index is -0.119. The lowest BCUT2D eigenvalue weighted by Crippen LogP contribution is -2.18. The number of amides is 1. The predicted octanol–water partition coefficient (Wildman–Crippen LogP) is 2.57. The van der Waals surface area contributed by atoms with E-state index in [2.05, 4.69) is 10.4 Å². The van der Waals surface area contributed by atoms with E-state index in [4.69, 9.17) is 4.74 Å². The van der Waals surface area contributed by atoms with Crippen LogP contribution in [0, 0.1) is 0 Å². The summed E-state index contributed by atoms with van der Waals surface area (Å²) in [5.74, 6) is -0.112. The normalized spacial score (nSPS) is 10.8. The van der Waals surface area contributed by atoms with Gasteiger partial charge in [0.1, 0.15) is 0 Å². The van der Waals surface area contributed by atoms with E-state index in [9.17, 15) is 9.59 Å². The smallest absolute Gasteiger partial charge is 0.226 e. The Morgan fingerprint density at radius 3 is 2.88 bits per heavy atom. The van der Waals surface area contributed by atoms with E-state index >= 15 is 0 Å². The first kappa shape index (κ1) is 16.9. The third-order valence-electron chi connectivity index (χ3n) is 3.83. The number of carbonyl (C=O) groups excluding carboxylic acids is 1. The van der Waals surface area contributed by atoms with Gasteiger partial charge in [0.05, 0.1) is 24.9 Å². The molecule has 1 heterocycles. The van der Waals surface area contributed by atoms with Crippen molar-refractivity contribution in [3.8, 4) is 0 Å². The molecule has 0 unspecified atom stereocenters. The Bertz CT molecular complexity index is 950. The summed E-state index contributed by atoms with van der Waals surface area (Å²) in [6, 6.07) is 14.8. The van der Waals surface area contributed by atoms with Gasteiger partial charge in [0.15, 0.2) is 0 Å². The number of para-hydroxylation sites is 1. The molecule has 1 N–H and O–H groups in total. The van der Waals surface area contributed by atoms with Crippen molar-refractivity contribution in [2.45, 2.75) is 19.6 Å². The second kappa shape index (κ2) is 7.72. The Balaban J connectivity index is 1.68. The van der Waals surface area contributed by atoms with Crippen LogP contribution in [0.1, 0.15) is 12.0 Å². The van der Waals surface area contributed by atoms with Gasteiger partial charge in [-0.2, -0.15) is 5.10 Å². The number of aromatic nitrogens is 2. The number of anilines is 1. The maximum absolute atomic E-state index is 12.2. The molecule has 0 fully saturated rings. The number of rotatable bonds is 6. The highest BCUT2D eigenvalue weighted by Gasteiger charge is 2.07. The average molecular weight is 337 g/mol. The van der Waals surface area contributed by atoms with Crippen LogP contribution in [0.15, 0.2) is 59.5 Å². The zero-order valence-electron chi connectivity index (χ0n) is 13.9. The van der Waals surface area contributed by atoms with Crippen molar-refractivity contribution in [2.24, 2.45) is 0 Å². The summed E-state index contributed by atoms with van der Waals surface area (Å²) in [5, 5.41) is 7.61. The van der Waals surface area contributed by atoms with E-state index in [1.54, 1.807) is 17.9 Å². The Morgan fingerprint density at radius 2 is 2.04 bits per heavy atom. The molecule has 3 aromatic rings. The van der Waals surface area contributed by atoms with Gasteiger partial charge in [-0.25, -0.2) is 0 Å². The van der Waals surface area contributed by atoms with E-state index in [1.807, 2.05) is 42.5 Å². The minimum Gasteiger partial charge on any atom is -0.380 e. The zero-order chi connectivity index (χ0) is 17.6. The van der Waals surface area contributed by atoms with E-state index in [1.165, 1.54) is 6.20 Å². The number of hydrogen-bond donors (Lipinski definition) is 1. The van der Waals surface area contributed by atoms with Crippen molar-refractivity contribution in [1.29, 1.82) is 0 Å². The highest BCUT2D eigenvalue weighted by Crippen LogP contribution is 2.12. The molecule has 0 saturated heterocycles. The molecular weight excluding hydrogens is 318 g/mol. The summed E-state index contributed by atoms with van der Waals surface area (Å²) in [7, 11) is 1.63. The first-order valence-corrected chi connectivity index (χ1v) is 8.00. The predicted molar refractivity (Wildman–Crippen MR) is 96.4 cm³/mol. The monoisotopic (exact) mass is 337 g/mol. The third kappa shape index (κ3) is 4.10. The number of carbonyl (C=O) groups is 1. The molecule has 3 rings (SSSR count). The molecule has 0 radical (unpaired) electrons. The first-order chi connectivity index (χ1) is 12.2. The van der Waals surface area contributed by atoms with E-state index in [0.29, 0.717) is 18.5 Å². The molecule has 6 heteroatoms. The Morgan fingerprint density at radius 1 is 1.20 bits per heavy atom. The number of nitrogens with one attached hydrogen (secondary N) is 1. The van der Waals surface area contributed by atoms with Gasteiger partial charge in [0.25, 0.3) is 0 Å². The lowest BCUT2D eigenvalue weighted by molar-refractivity contribution is -0.116. The largest absolute Gasteiger partial charge is 0.380 e. The number of benzene rings is 2. The van der Waals surface area contributed by atoms with Crippen LogP contribution >= 0.6 is 0 Å². The summed E-state index contributed by atoms with van der Waals surface area (Å²) in [4.78, 5) is 24.0. The van der Waals surface area contributed by atoms with Crippen LogP contribution in [-0.4, -0.2) is 22.8 Å². The number of aryl methyl sites for hydroxylation is 1. The van der Waals surface area contributed by atoms with Crippen molar-refractivity contribution in [2.75, 3.05) is 12.4 Å². The molecule has 0 aliphatic heterocycles. The maximum Gasteiger partial charge on any atom is 0.226 e. The second-order valence-electron chi connectivity index (χ2n) is 5.68. The molecule has 0 bridgehead atoms. The summed E-state index contributed by atoms with van der Waals surface area (Å²) >= 11 is 0. The average Bonchev–Trinajstić information content (AvgIpc) is 2.62. The van der Waals surface area contributed by atoms with Gasteiger partial charge < -0.3 is 10.1 Å². The highest BCUT2D eigenvalue weighted by molar-refractivity contribution is 5.90. The molecule has 128 valence electrons. The molecule has 0 atom stereocenters. The molecule has 2 aromatic carbocycles. The number of hydrogen-bond acceptors (Lipinski definition) is 4. The number of nitrogens with zero attached hydrogens (tertiary/aromatic N) is 2. The lowest BCUT2D eigenvalue weighted by atomic mass is 10.2. The topological polar surface area (TPSA) is 73.2 Å². The quantitative estimate of drug-likeness (QED) is 0.750. The van der Waals surface area contributed by atoms with Crippen molar-refractivity contribution in [3.05, 3.63) is 70.5 Å². The number of methoxy groups -OCH3 is 1. The molecular formula is C19H19N3O3. The summed E-state index contributed by atoms with van der Waals surface area (Å²) in [6.45, 7) is 0.890. The highest BCUT2D eigenvalue weighted by atomic mass is 16.5. The van der Waals surface area contributed by atoms with Crippen LogP contribution in [0.2, 0.25) is 0 Å². The van der Waals surface area contributed by atoms with Gasteiger partial charge in [-0.3, -0.25) is 14.3 Å². The van der Waals surface area contributed by atoms with Crippen LogP contribution in [0.5, 0.6) is 0 Å². The summed E-state index contributed by atoms with van der Waals surface area (Å²) in [6.07, 6.45) is 1.54. The van der Waals surface area contributed by atoms with Crippen molar-refractivity contribution in [1.82, 2.24) is 9.78 Å². The van der Waals surface area contributed by atoms with Gasteiger partial charge >= 0.3 is 0 Å². The van der Waals surface area contributed by atoms with E-state index in [0.717, 1.165) is 16.8 Å².